The number of morpholine rings is 1. The molecule has 1 saturated heterocycles. The summed E-state index contributed by atoms with van der Waals surface area (Å²) in [5.41, 5.74) is 0. The lowest BCUT2D eigenvalue weighted by molar-refractivity contribution is -0.116. The minimum Gasteiger partial charge on any atom is -0.378 e. The molecule has 1 unspecified atom stereocenters. The summed E-state index contributed by atoms with van der Waals surface area (Å²) in [6.45, 7) is 2.25. The van der Waals surface area contributed by atoms with Gasteiger partial charge in [0.2, 0.25) is 5.91 Å². The highest BCUT2D eigenvalue weighted by Gasteiger charge is 2.08. The Kier molecular flexibility index (Phi) is 3.76. The normalized spacial score (nSPS) is 24.2. The van der Waals surface area contributed by atoms with Crippen LogP contribution in [0.3, 0.4) is 0 Å². The maximum Gasteiger partial charge on any atom is 0.243 e. The Bertz CT molecular complexity index is 174. The molecule has 1 fully saturated rings. The average Bonchev–Trinajstić information content (AvgIpc) is 2.16. The second kappa shape index (κ2) is 4.90. The van der Waals surface area contributed by atoms with Crippen LogP contribution >= 0.6 is 0 Å². The van der Waals surface area contributed by atoms with Gasteiger partial charge in [-0.05, 0) is 0 Å². The molecule has 1 aliphatic heterocycles. The largest absolute Gasteiger partial charge is 0.378 e. The predicted octanol–water partition coefficient (Wildman–Crippen LogP) is -0.723. The Hall–Kier alpha value is -0.870. The topological polar surface area (TPSA) is 50.4 Å². The van der Waals surface area contributed by atoms with E-state index >= 15 is 0 Å². The van der Waals surface area contributed by atoms with Crippen molar-refractivity contribution in [2.24, 2.45) is 0 Å². The quantitative estimate of drug-likeness (QED) is 0.538. The monoisotopic (exact) mass is 170 g/mol. The van der Waals surface area contributed by atoms with E-state index in [-0.39, 0.29) is 11.9 Å². The first-order valence-electron chi connectivity index (χ1n) is 4.04. The third kappa shape index (κ3) is 3.02. The van der Waals surface area contributed by atoms with Crippen molar-refractivity contribution in [3.05, 3.63) is 12.2 Å². The van der Waals surface area contributed by atoms with Crippen LogP contribution in [0.15, 0.2) is 12.2 Å². The Morgan fingerprint density at radius 1 is 1.75 bits per heavy atom. The molecule has 2 N–H and O–H groups in total. The summed E-state index contributed by atoms with van der Waals surface area (Å²) in [6, 6.07) is 0.177. The lowest BCUT2D eigenvalue weighted by atomic mass is 10.2. The van der Waals surface area contributed by atoms with Crippen LogP contribution in [-0.2, 0) is 9.53 Å². The van der Waals surface area contributed by atoms with Gasteiger partial charge in [-0.25, -0.2) is 0 Å². The number of amides is 1. The van der Waals surface area contributed by atoms with E-state index in [0.717, 1.165) is 13.2 Å². The minimum atomic E-state index is -0.0811. The van der Waals surface area contributed by atoms with E-state index in [9.17, 15) is 4.79 Å². The molecule has 4 heteroatoms. The Balaban J connectivity index is 2.28. The summed E-state index contributed by atoms with van der Waals surface area (Å²) in [4.78, 5) is 10.8. The van der Waals surface area contributed by atoms with E-state index in [2.05, 4.69) is 10.6 Å². The zero-order valence-corrected chi connectivity index (χ0v) is 7.17. The van der Waals surface area contributed by atoms with E-state index in [1.807, 2.05) is 6.08 Å². The van der Waals surface area contributed by atoms with Crippen LogP contribution in [0.5, 0.6) is 0 Å². The molecule has 1 amide bonds. The third-order valence-corrected chi connectivity index (χ3v) is 1.68. The van der Waals surface area contributed by atoms with Crippen molar-refractivity contribution in [2.75, 3.05) is 26.8 Å². The molecule has 1 rings (SSSR count). The predicted molar refractivity (Wildman–Crippen MR) is 45.8 cm³/mol. The molecule has 0 spiro atoms. The van der Waals surface area contributed by atoms with Crippen molar-refractivity contribution in [3.63, 3.8) is 0 Å². The van der Waals surface area contributed by atoms with Gasteiger partial charge in [-0.2, -0.15) is 0 Å². The Morgan fingerprint density at radius 3 is 3.17 bits per heavy atom. The van der Waals surface area contributed by atoms with Crippen molar-refractivity contribution < 1.29 is 9.53 Å². The van der Waals surface area contributed by atoms with Crippen molar-refractivity contribution in [2.45, 2.75) is 6.04 Å². The lowest BCUT2D eigenvalue weighted by Gasteiger charge is -2.20. The van der Waals surface area contributed by atoms with Gasteiger partial charge in [-0.15, -0.1) is 0 Å². The van der Waals surface area contributed by atoms with Crippen LogP contribution in [-0.4, -0.2) is 38.8 Å². The highest BCUT2D eigenvalue weighted by Crippen LogP contribution is 1.93. The number of ether oxygens (including phenoxy) is 1. The van der Waals surface area contributed by atoms with Crippen molar-refractivity contribution in [1.29, 1.82) is 0 Å². The number of carbonyl (C=O) groups excluding carboxylic acids is 1. The molecular weight excluding hydrogens is 156 g/mol. The molecule has 4 nitrogen and oxygen atoms in total. The van der Waals surface area contributed by atoms with Crippen LogP contribution in [0, 0.1) is 0 Å². The molecule has 68 valence electrons. The number of likely N-dealkylation sites (N-methyl/N-ethyl adjacent to an activating group) is 1. The molecule has 0 saturated carbocycles. The van der Waals surface area contributed by atoms with Crippen LogP contribution in [0.1, 0.15) is 0 Å². The fourth-order valence-corrected chi connectivity index (χ4v) is 0.996. The Morgan fingerprint density at radius 2 is 2.58 bits per heavy atom. The number of nitrogens with one attached hydrogen (secondary N) is 2. The van der Waals surface area contributed by atoms with Gasteiger partial charge in [0.15, 0.2) is 0 Å². The highest BCUT2D eigenvalue weighted by molar-refractivity contribution is 5.87. The first-order chi connectivity index (χ1) is 5.83. The standard InChI is InChI=1S/C8H14N2O2/c1-9-8(11)3-2-7-6-12-5-4-10-7/h2-3,7,10H,4-6H2,1H3,(H,9,11)/b3-2-. The number of hydrogen-bond donors (Lipinski definition) is 2. The van der Waals surface area contributed by atoms with E-state index < -0.39 is 0 Å². The fraction of sp³-hybridized carbons (Fsp3) is 0.625. The van der Waals surface area contributed by atoms with Gasteiger partial charge in [-0.3, -0.25) is 4.79 Å². The second-order valence-electron chi connectivity index (χ2n) is 2.61. The summed E-state index contributed by atoms with van der Waals surface area (Å²) in [5.74, 6) is -0.0811. The van der Waals surface area contributed by atoms with Gasteiger partial charge in [-0.1, -0.05) is 6.08 Å². The molecule has 1 aliphatic rings. The first kappa shape index (κ1) is 9.22. The van der Waals surface area contributed by atoms with Crippen LogP contribution < -0.4 is 10.6 Å². The summed E-state index contributed by atoms with van der Waals surface area (Å²) >= 11 is 0. The van der Waals surface area contributed by atoms with E-state index in [1.54, 1.807) is 7.05 Å². The highest BCUT2D eigenvalue weighted by atomic mass is 16.5. The number of carbonyl (C=O) groups is 1. The van der Waals surface area contributed by atoms with Gasteiger partial charge in [0, 0.05) is 25.7 Å². The molecule has 12 heavy (non-hydrogen) atoms. The number of rotatable bonds is 2. The van der Waals surface area contributed by atoms with Crippen molar-refractivity contribution >= 4 is 5.91 Å². The summed E-state index contributed by atoms with van der Waals surface area (Å²) in [6.07, 6.45) is 3.34. The smallest absolute Gasteiger partial charge is 0.243 e. The third-order valence-electron chi connectivity index (χ3n) is 1.68. The summed E-state index contributed by atoms with van der Waals surface area (Å²) in [7, 11) is 1.61. The van der Waals surface area contributed by atoms with Crippen molar-refractivity contribution in [3.8, 4) is 0 Å². The van der Waals surface area contributed by atoms with Gasteiger partial charge in [0.05, 0.1) is 13.2 Å². The first-order valence-corrected chi connectivity index (χ1v) is 4.04. The SMILES string of the molecule is CNC(=O)/C=C\C1COCCN1. The summed E-state index contributed by atoms with van der Waals surface area (Å²) < 4.78 is 5.20. The minimum absolute atomic E-state index is 0.0811. The second-order valence-corrected chi connectivity index (χ2v) is 2.61. The lowest BCUT2D eigenvalue weighted by Crippen LogP contribution is -2.39. The molecule has 0 aliphatic carbocycles. The molecule has 0 bridgehead atoms. The van der Waals surface area contributed by atoms with Gasteiger partial charge in [0.1, 0.15) is 0 Å². The van der Waals surface area contributed by atoms with E-state index in [4.69, 9.17) is 4.74 Å². The van der Waals surface area contributed by atoms with E-state index in [1.165, 1.54) is 6.08 Å². The maximum absolute atomic E-state index is 10.8. The molecule has 0 aromatic rings. The molecule has 0 aromatic heterocycles. The number of hydrogen-bond acceptors (Lipinski definition) is 3. The van der Waals surface area contributed by atoms with Gasteiger partial charge in [0.25, 0.3) is 0 Å². The van der Waals surface area contributed by atoms with Crippen molar-refractivity contribution in [1.82, 2.24) is 10.6 Å². The van der Waals surface area contributed by atoms with E-state index in [0.29, 0.717) is 6.61 Å². The molecule has 0 aromatic carbocycles. The van der Waals surface area contributed by atoms with Crippen LogP contribution in [0.4, 0.5) is 0 Å². The fourth-order valence-electron chi connectivity index (χ4n) is 0.996. The molecular formula is C8H14N2O2. The van der Waals surface area contributed by atoms with Crippen LogP contribution in [0.2, 0.25) is 0 Å². The van der Waals surface area contributed by atoms with Gasteiger partial charge >= 0.3 is 0 Å². The molecule has 1 heterocycles. The van der Waals surface area contributed by atoms with Gasteiger partial charge < -0.3 is 15.4 Å². The molecule has 1 atom stereocenters. The Labute approximate surface area is 72.0 Å². The average molecular weight is 170 g/mol. The van der Waals surface area contributed by atoms with Crippen LogP contribution in [0.25, 0.3) is 0 Å². The zero-order valence-electron chi connectivity index (χ0n) is 7.17. The molecule has 0 radical (unpaired) electrons. The maximum atomic E-state index is 10.8. The summed E-state index contributed by atoms with van der Waals surface area (Å²) in [5, 5.41) is 5.72. The zero-order chi connectivity index (χ0) is 8.81.